The molecule has 1 amide bonds. The summed E-state index contributed by atoms with van der Waals surface area (Å²) in [6.07, 6.45) is 0.00540. The molecule has 0 heterocycles. The number of ether oxygens (including phenoxy) is 1. The van der Waals surface area contributed by atoms with Gasteiger partial charge in [0.25, 0.3) is 0 Å². The van der Waals surface area contributed by atoms with Crippen molar-refractivity contribution < 1.29 is 23.8 Å². The fraction of sp³-hybridized carbons (Fsp3) is 0.364. The predicted octanol–water partition coefficient (Wildman–Crippen LogP) is 6.03. The van der Waals surface area contributed by atoms with Crippen LogP contribution in [0.1, 0.15) is 44.7 Å². The molecule has 2 N–H and O–H groups in total. The maximum absolute atomic E-state index is 13.9. The first-order valence-corrected chi connectivity index (χ1v) is 11.0. The summed E-state index contributed by atoms with van der Waals surface area (Å²) in [4.78, 5) is 23.6. The Balaban J connectivity index is 2.20. The van der Waals surface area contributed by atoms with E-state index in [4.69, 9.17) is 4.74 Å². The monoisotopic (exact) mass is 543 g/mol. The molecule has 0 spiro atoms. The number of benzene rings is 2. The number of carbonyl (C=O) groups excluding carboxylic acids is 1. The van der Waals surface area contributed by atoms with Gasteiger partial charge in [-0.25, -0.2) is 9.18 Å². The predicted molar refractivity (Wildman–Crippen MR) is 121 cm³/mol. The Kier molecular flexibility index (Phi) is 8.43. The topological polar surface area (TPSA) is 75.6 Å². The van der Waals surface area contributed by atoms with Crippen LogP contribution in [0.15, 0.2) is 39.3 Å². The van der Waals surface area contributed by atoms with Gasteiger partial charge in [-0.2, -0.15) is 0 Å². The Morgan fingerprint density at radius 1 is 1.07 bits per heavy atom. The van der Waals surface area contributed by atoms with E-state index in [9.17, 15) is 19.1 Å². The van der Waals surface area contributed by atoms with Crippen LogP contribution in [0.25, 0.3) is 0 Å². The molecule has 2 aromatic rings. The van der Waals surface area contributed by atoms with Gasteiger partial charge in [-0.15, -0.1) is 0 Å². The van der Waals surface area contributed by atoms with Gasteiger partial charge >= 0.3 is 5.97 Å². The summed E-state index contributed by atoms with van der Waals surface area (Å²) >= 11 is 6.87. The fourth-order valence-electron chi connectivity index (χ4n) is 2.83. The number of carboxylic acid groups (broad SMARTS) is 1. The van der Waals surface area contributed by atoms with Crippen molar-refractivity contribution in [3.63, 3.8) is 0 Å². The van der Waals surface area contributed by atoms with E-state index in [2.05, 4.69) is 37.2 Å². The molecule has 8 heteroatoms. The summed E-state index contributed by atoms with van der Waals surface area (Å²) in [5, 5.41) is 11.8. The number of rotatable bonds is 8. The van der Waals surface area contributed by atoms with Crippen LogP contribution in [-0.4, -0.2) is 23.0 Å². The second kappa shape index (κ2) is 10.4. The van der Waals surface area contributed by atoms with Crippen LogP contribution in [0.4, 0.5) is 4.39 Å². The van der Waals surface area contributed by atoms with E-state index in [1.165, 1.54) is 12.1 Å². The van der Waals surface area contributed by atoms with E-state index >= 15 is 0 Å². The van der Waals surface area contributed by atoms with Crippen LogP contribution in [-0.2, 0) is 16.0 Å². The lowest BCUT2D eigenvalue weighted by Gasteiger charge is -2.18. The first-order valence-electron chi connectivity index (χ1n) is 9.46. The van der Waals surface area contributed by atoms with Crippen molar-refractivity contribution in [3.8, 4) is 11.5 Å². The van der Waals surface area contributed by atoms with E-state index in [0.29, 0.717) is 26.0 Å². The summed E-state index contributed by atoms with van der Waals surface area (Å²) in [5.41, 5.74) is 1.48. The van der Waals surface area contributed by atoms with Gasteiger partial charge < -0.3 is 15.2 Å². The molecule has 2 rings (SSSR count). The summed E-state index contributed by atoms with van der Waals surface area (Å²) in [7, 11) is 0. The molecule has 0 fully saturated rings. The lowest BCUT2D eigenvalue weighted by atomic mass is 10.0. The molecule has 0 saturated heterocycles. The highest BCUT2D eigenvalue weighted by molar-refractivity contribution is 9.11. The maximum atomic E-state index is 13.9. The molecule has 0 aliphatic heterocycles. The molecular formula is C22H24Br2FNO4. The molecule has 162 valence electrons. The molecular weight excluding hydrogens is 521 g/mol. The van der Waals surface area contributed by atoms with Crippen LogP contribution in [0.3, 0.4) is 0 Å². The van der Waals surface area contributed by atoms with Gasteiger partial charge in [0.2, 0.25) is 5.91 Å². The van der Waals surface area contributed by atoms with E-state index in [0.717, 1.165) is 5.56 Å². The van der Waals surface area contributed by atoms with Crippen molar-refractivity contribution >= 4 is 43.7 Å². The summed E-state index contributed by atoms with van der Waals surface area (Å²) in [5.74, 6) is -1.11. The minimum Gasteiger partial charge on any atom is -0.480 e. The standard InChI is InChI=1S/C22H24Br2FNO4/c1-11(2)14-8-15(25)10-16(9-14)30-21-17(23)5-13(6-18(21)24)7-19(27)26-20(12(3)4)22(28)29/h5-6,8-12,20H,7H2,1-4H3,(H,26,27)(H,28,29). The van der Waals surface area contributed by atoms with Crippen LogP contribution in [0.5, 0.6) is 11.5 Å². The minimum absolute atomic E-state index is 0.00540. The van der Waals surface area contributed by atoms with E-state index in [1.807, 2.05) is 13.8 Å². The Morgan fingerprint density at radius 3 is 2.17 bits per heavy atom. The van der Waals surface area contributed by atoms with Crippen LogP contribution in [0, 0.1) is 11.7 Å². The zero-order chi connectivity index (χ0) is 22.6. The molecule has 0 aromatic heterocycles. The first kappa shape index (κ1) is 24.3. The Bertz CT molecular complexity index is 924. The number of amides is 1. The lowest BCUT2D eigenvalue weighted by Crippen LogP contribution is -2.44. The number of hydrogen-bond donors (Lipinski definition) is 2. The number of hydrogen-bond acceptors (Lipinski definition) is 3. The first-order chi connectivity index (χ1) is 14.0. The molecule has 2 aromatic carbocycles. The number of carboxylic acids is 1. The molecule has 5 nitrogen and oxygen atoms in total. The summed E-state index contributed by atoms with van der Waals surface area (Å²) in [6, 6.07) is 7.05. The van der Waals surface area contributed by atoms with Crippen molar-refractivity contribution in [3.05, 3.63) is 56.2 Å². The van der Waals surface area contributed by atoms with Gasteiger partial charge in [-0.05, 0) is 79.1 Å². The third-order valence-corrected chi connectivity index (χ3v) is 5.63. The highest BCUT2D eigenvalue weighted by Gasteiger charge is 2.23. The van der Waals surface area contributed by atoms with Gasteiger partial charge in [0.15, 0.2) is 5.75 Å². The summed E-state index contributed by atoms with van der Waals surface area (Å²) in [6.45, 7) is 7.40. The van der Waals surface area contributed by atoms with E-state index < -0.39 is 17.9 Å². The number of aliphatic carboxylic acids is 1. The quantitative estimate of drug-likeness (QED) is 0.425. The van der Waals surface area contributed by atoms with Crippen molar-refractivity contribution in [2.45, 2.75) is 46.1 Å². The summed E-state index contributed by atoms with van der Waals surface area (Å²) < 4.78 is 21.0. The third-order valence-electron chi connectivity index (χ3n) is 4.45. The Morgan fingerprint density at radius 2 is 1.67 bits per heavy atom. The highest BCUT2D eigenvalue weighted by atomic mass is 79.9. The average Bonchev–Trinajstić information content (AvgIpc) is 2.61. The Labute approximate surface area is 192 Å². The SMILES string of the molecule is CC(C)c1cc(F)cc(Oc2c(Br)cc(CC(=O)NC(C(=O)O)C(C)C)cc2Br)c1. The van der Waals surface area contributed by atoms with Gasteiger partial charge in [0, 0.05) is 6.07 Å². The normalized spacial score (nSPS) is 12.2. The molecule has 1 unspecified atom stereocenters. The maximum Gasteiger partial charge on any atom is 0.326 e. The molecule has 0 aliphatic rings. The van der Waals surface area contributed by atoms with E-state index in [-0.39, 0.29) is 24.1 Å². The van der Waals surface area contributed by atoms with Gasteiger partial charge in [-0.1, -0.05) is 27.7 Å². The highest BCUT2D eigenvalue weighted by Crippen LogP contribution is 2.38. The van der Waals surface area contributed by atoms with Gasteiger partial charge in [0.1, 0.15) is 17.6 Å². The van der Waals surface area contributed by atoms with Crippen LogP contribution >= 0.6 is 31.9 Å². The lowest BCUT2D eigenvalue weighted by molar-refractivity contribution is -0.143. The minimum atomic E-state index is -1.07. The third kappa shape index (κ3) is 6.54. The van der Waals surface area contributed by atoms with Crippen LogP contribution < -0.4 is 10.1 Å². The van der Waals surface area contributed by atoms with Crippen molar-refractivity contribution in [1.82, 2.24) is 5.32 Å². The largest absolute Gasteiger partial charge is 0.480 e. The molecule has 0 bridgehead atoms. The van der Waals surface area contributed by atoms with Crippen LogP contribution in [0.2, 0.25) is 0 Å². The fourth-order valence-corrected chi connectivity index (χ4v) is 4.27. The van der Waals surface area contributed by atoms with Crippen molar-refractivity contribution in [1.29, 1.82) is 0 Å². The molecule has 0 radical (unpaired) electrons. The Hall–Kier alpha value is -1.93. The zero-order valence-electron chi connectivity index (χ0n) is 17.1. The number of nitrogens with one attached hydrogen (secondary N) is 1. The smallest absolute Gasteiger partial charge is 0.326 e. The molecule has 0 saturated carbocycles. The van der Waals surface area contributed by atoms with Crippen molar-refractivity contribution in [2.75, 3.05) is 0 Å². The number of carbonyl (C=O) groups is 2. The zero-order valence-corrected chi connectivity index (χ0v) is 20.3. The van der Waals surface area contributed by atoms with Gasteiger partial charge in [0.05, 0.1) is 15.4 Å². The second-order valence-corrected chi connectivity index (χ2v) is 9.38. The second-order valence-electron chi connectivity index (χ2n) is 7.67. The molecule has 1 atom stereocenters. The number of halogens is 3. The average molecular weight is 545 g/mol. The van der Waals surface area contributed by atoms with Gasteiger partial charge in [-0.3, -0.25) is 4.79 Å². The molecule has 0 aliphatic carbocycles. The molecule has 30 heavy (non-hydrogen) atoms. The van der Waals surface area contributed by atoms with E-state index in [1.54, 1.807) is 32.0 Å². The van der Waals surface area contributed by atoms with Crippen molar-refractivity contribution in [2.24, 2.45) is 5.92 Å².